The lowest BCUT2D eigenvalue weighted by Crippen LogP contribution is -2.31. The molecule has 0 radical (unpaired) electrons. The third-order valence-corrected chi connectivity index (χ3v) is 6.44. The smallest absolute Gasteiger partial charge is 0.316 e. The number of thioether (sulfide) groups is 1. The monoisotopic (exact) mass is 497 g/mol. The van der Waals surface area contributed by atoms with Crippen LogP contribution >= 0.6 is 11.8 Å². The summed E-state index contributed by atoms with van der Waals surface area (Å²) in [5.41, 5.74) is 3.88. The number of carbonyl (C=O) groups is 2. The maximum atomic E-state index is 13.0. The topological polar surface area (TPSA) is 90.2 Å². The van der Waals surface area contributed by atoms with Crippen LogP contribution in [-0.4, -0.2) is 44.0 Å². The van der Waals surface area contributed by atoms with Crippen LogP contribution in [0.25, 0.3) is 22.1 Å². The van der Waals surface area contributed by atoms with Crippen molar-refractivity contribution in [1.29, 1.82) is 0 Å². The van der Waals surface area contributed by atoms with E-state index in [9.17, 15) is 9.59 Å². The molecule has 0 spiro atoms. The summed E-state index contributed by atoms with van der Waals surface area (Å²) in [5.74, 6) is -0.921. The summed E-state index contributed by atoms with van der Waals surface area (Å²) in [7, 11) is 0. The molecule has 180 valence electrons. The molecule has 0 unspecified atom stereocenters. The Balaban J connectivity index is 1.25. The number of anilines is 2. The molecule has 0 saturated carbocycles. The van der Waals surface area contributed by atoms with Gasteiger partial charge in [0.15, 0.2) is 12.3 Å². The zero-order valence-corrected chi connectivity index (χ0v) is 20.4. The lowest BCUT2D eigenvalue weighted by atomic mass is 10.2. The van der Waals surface area contributed by atoms with Crippen molar-refractivity contribution in [2.45, 2.75) is 18.6 Å². The highest BCUT2D eigenvalue weighted by atomic mass is 32.2. The molecule has 5 rings (SSSR count). The third-order valence-electron chi connectivity index (χ3n) is 5.62. The van der Waals surface area contributed by atoms with Crippen molar-refractivity contribution in [3.63, 3.8) is 0 Å². The van der Waals surface area contributed by atoms with E-state index in [0.717, 1.165) is 40.4 Å². The molecule has 2 aromatic heterocycles. The van der Waals surface area contributed by atoms with E-state index < -0.39 is 5.97 Å². The van der Waals surface area contributed by atoms with Gasteiger partial charge in [-0.25, -0.2) is 4.98 Å². The van der Waals surface area contributed by atoms with E-state index in [1.807, 2.05) is 91.9 Å². The fraction of sp³-hybridized carbons (Fsp3) is 0.148. The molecule has 8 nitrogen and oxygen atoms in total. The molecule has 0 atom stereocenters. The number of amides is 1. The van der Waals surface area contributed by atoms with Crippen LogP contribution in [0.15, 0.2) is 90.1 Å². The number of benzene rings is 3. The van der Waals surface area contributed by atoms with Crippen molar-refractivity contribution in [3.05, 3.63) is 84.9 Å². The Kier molecular flexibility index (Phi) is 6.90. The minimum atomic E-state index is -0.533. The molecule has 1 amide bonds. The number of para-hydroxylation sites is 3. The highest BCUT2D eigenvalue weighted by Crippen LogP contribution is 2.27. The van der Waals surface area contributed by atoms with Gasteiger partial charge < -0.3 is 9.30 Å². The minimum Gasteiger partial charge on any atom is -0.455 e. The third kappa shape index (κ3) is 4.78. The Morgan fingerprint density at radius 1 is 0.889 bits per heavy atom. The molecular formula is C27H23N5O3S. The highest BCUT2D eigenvalue weighted by molar-refractivity contribution is 7.99. The summed E-state index contributed by atoms with van der Waals surface area (Å²) in [5, 5.41) is 9.90. The van der Waals surface area contributed by atoms with Gasteiger partial charge in [0.25, 0.3) is 5.91 Å². The Hall–Kier alpha value is -4.24. The summed E-state index contributed by atoms with van der Waals surface area (Å²) < 4.78 is 7.37. The number of hydrogen-bond acceptors (Lipinski definition) is 7. The van der Waals surface area contributed by atoms with Crippen molar-refractivity contribution < 1.29 is 14.3 Å². The maximum absolute atomic E-state index is 13.0. The average Bonchev–Trinajstić information content (AvgIpc) is 3.25. The number of fused-ring (bicyclic) bond motifs is 3. The van der Waals surface area contributed by atoms with E-state index in [-0.39, 0.29) is 18.3 Å². The molecule has 0 N–H and O–H groups in total. The molecule has 2 heterocycles. The highest BCUT2D eigenvalue weighted by Gasteiger charge is 2.20. The predicted molar refractivity (Wildman–Crippen MR) is 140 cm³/mol. The van der Waals surface area contributed by atoms with Crippen LogP contribution in [0.5, 0.6) is 0 Å². The van der Waals surface area contributed by atoms with E-state index in [1.165, 1.54) is 4.90 Å². The second kappa shape index (κ2) is 10.6. The van der Waals surface area contributed by atoms with Gasteiger partial charge in [0.2, 0.25) is 5.16 Å². The number of carbonyl (C=O) groups excluding carboxylic acids is 2. The number of hydrogen-bond donors (Lipinski definition) is 0. The van der Waals surface area contributed by atoms with Gasteiger partial charge in [-0.2, -0.15) is 0 Å². The van der Waals surface area contributed by atoms with Crippen LogP contribution in [0.1, 0.15) is 6.92 Å². The zero-order valence-electron chi connectivity index (χ0n) is 19.6. The van der Waals surface area contributed by atoms with Crippen molar-refractivity contribution in [2.75, 3.05) is 17.3 Å². The average molecular weight is 498 g/mol. The lowest BCUT2D eigenvalue weighted by molar-refractivity contribution is -0.144. The van der Waals surface area contributed by atoms with Gasteiger partial charge in [-0.1, -0.05) is 66.4 Å². The minimum absolute atomic E-state index is 0.0382. The van der Waals surface area contributed by atoms with Crippen LogP contribution in [0.3, 0.4) is 0 Å². The van der Waals surface area contributed by atoms with Crippen LogP contribution in [0.4, 0.5) is 11.4 Å². The molecule has 0 aliphatic heterocycles. The van der Waals surface area contributed by atoms with Gasteiger partial charge >= 0.3 is 5.97 Å². The van der Waals surface area contributed by atoms with Crippen molar-refractivity contribution in [1.82, 2.24) is 19.7 Å². The van der Waals surface area contributed by atoms with Crippen molar-refractivity contribution in [3.8, 4) is 0 Å². The van der Waals surface area contributed by atoms with E-state index in [2.05, 4.69) is 19.7 Å². The molecule has 0 saturated heterocycles. The first-order chi connectivity index (χ1) is 17.7. The summed E-state index contributed by atoms with van der Waals surface area (Å²) in [6.07, 6.45) is 0. The Labute approximate surface area is 211 Å². The van der Waals surface area contributed by atoms with Crippen molar-refractivity contribution in [2.24, 2.45) is 0 Å². The van der Waals surface area contributed by atoms with Crippen LogP contribution < -0.4 is 4.90 Å². The van der Waals surface area contributed by atoms with E-state index >= 15 is 0 Å². The fourth-order valence-electron chi connectivity index (χ4n) is 4.03. The van der Waals surface area contributed by atoms with E-state index in [0.29, 0.717) is 16.5 Å². The Morgan fingerprint density at radius 3 is 2.19 bits per heavy atom. The molecule has 0 aliphatic rings. The normalized spacial score (nSPS) is 11.0. The fourth-order valence-corrected chi connectivity index (χ4v) is 4.61. The maximum Gasteiger partial charge on any atom is 0.316 e. The summed E-state index contributed by atoms with van der Waals surface area (Å²) in [6.45, 7) is 2.39. The zero-order chi connectivity index (χ0) is 24.9. The first-order valence-corrected chi connectivity index (χ1v) is 12.5. The van der Waals surface area contributed by atoms with Gasteiger partial charge in [-0.05, 0) is 37.3 Å². The van der Waals surface area contributed by atoms with Crippen LogP contribution in [0.2, 0.25) is 0 Å². The molecular weight excluding hydrogens is 474 g/mol. The molecule has 3 aromatic carbocycles. The van der Waals surface area contributed by atoms with Gasteiger partial charge in [0.1, 0.15) is 5.52 Å². The predicted octanol–water partition coefficient (Wildman–Crippen LogP) is 5.00. The van der Waals surface area contributed by atoms with Gasteiger partial charge in [-0.15, -0.1) is 10.2 Å². The summed E-state index contributed by atoms with van der Waals surface area (Å²) in [4.78, 5) is 31.6. The number of aromatic nitrogens is 4. The second-order valence-electron chi connectivity index (χ2n) is 7.88. The lowest BCUT2D eigenvalue weighted by Gasteiger charge is -2.22. The molecule has 5 aromatic rings. The second-order valence-corrected chi connectivity index (χ2v) is 8.82. The van der Waals surface area contributed by atoms with Gasteiger partial charge in [0.05, 0.1) is 11.3 Å². The Bertz CT molecular complexity index is 1480. The number of rotatable bonds is 8. The molecule has 9 heteroatoms. The standard InChI is InChI=1S/C27H23N5O3S/c1-2-31-22-16-10-9-15-21(22)25-26(31)28-27(30-29-25)36-18-24(34)35-17-23(33)32(19-11-5-3-6-12-19)20-13-7-4-8-14-20/h3-16H,2,17-18H2,1H3. The SMILES string of the molecule is CCn1c2ccccc2c2nnc(SCC(=O)OCC(=O)N(c3ccccc3)c3ccccc3)nc21. The first-order valence-electron chi connectivity index (χ1n) is 11.5. The molecule has 0 fully saturated rings. The summed E-state index contributed by atoms with van der Waals surface area (Å²) >= 11 is 1.13. The van der Waals surface area contributed by atoms with Crippen LogP contribution in [0, 0.1) is 0 Å². The molecule has 36 heavy (non-hydrogen) atoms. The summed E-state index contributed by atoms with van der Waals surface area (Å²) in [6, 6.07) is 26.4. The molecule has 0 bridgehead atoms. The van der Waals surface area contributed by atoms with E-state index in [1.54, 1.807) is 0 Å². The first kappa shape index (κ1) is 23.5. The number of nitrogens with zero attached hydrogens (tertiary/aromatic N) is 5. The van der Waals surface area contributed by atoms with Crippen molar-refractivity contribution >= 4 is 57.1 Å². The van der Waals surface area contributed by atoms with Gasteiger partial charge in [-0.3, -0.25) is 14.5 Å². The largest absolute Gasteiger partial charge is 0.455 e. The number of esters is 1. The van der Waals surface area contributed by atoms with Crippen LogP contribution in [-0.2, 0) is 20.9 Å². The van der Waals surface area contributed by atoms with Gasteiger partial charge in [0, 0.05) is 23.3 Å². The number of ether oxygens (including phenoxy) is 1. The van der Waals surface area contributed by atoms with E-state index in [4.69, 9.17) is 4.74 Å². The Morgan fingerprint density at radius 2 is 1.53 bits per heavy atom. The number of aryl methyl sites for hydroxylation is 1. The quantitative estimate of drug-likeness (QED) is 0.220. The molecule has 0 aliphatic carbocycles.